The van der Waals surface area contributed by atoms with Crippen LogP contribution in [0.4, 0.5) is 13.2 Å². The van der Waals surface area contributed by atoms with E-state index in [1.807, 2.05) is 0 Å². The van der Waals surface area contributed by atoms with E-state index in [0.29, 0.717) is 15.2 Å². The van der Waals surface area contributed by atoms with E-state index in [0.717, 1.165) is 12.1 Å². The average Bonchev–Trinajstić information content (AvgIpc) is 2.61. The van der Waals surface area contributed by atoms with Crippen molar-refractivity contribution in [1.82, 2.24) is 14.1 Å². The van der Waals surface area contributed by atoms with E-state index in [2.05, 4.69) is 5.10 Å². The van der Waals surface area contributed by atoms with Crippen molar-refractivity contribution in [1.29, 1.82) is 0 Å². The number of alkyl halides is 3. The molecular weight excluding hydrogens is 405 g/mol. The van der Waals surface area contributed by atoms with Gasteiger partial charge in [0.05, 0.1) is 16.3 Å². The Labute approximate surface area is 160 Å². The van der Waals surface area contributed by atoms with E-state index in [-0.39, 0.29) is 28.8 Å². The number of aromatic nitrogens is 2. The molecule has 0 radical (unpaired) electrons. The third-order valence-electron chi connectivity index (χ3n) is 3.98. The molecule has 0 spiro atoms. The summed E-state index contributed by atoms with van der Waals surface area (Å²) >= 11 is 6.11. The Hall–Kier alpha value is -3.08. The van der Waals surface area contributed by atoms with Gasteiger partial charge < -0.3 is 4.74 Å². The molecule has 0 bridgehead atoms. The van der Waals surface area contributed by atoms with Gasteiger partial charge in [-0.2, -0.15) is 13.2 Å². The van der Waals surface area contributed by atoms with Crippen LogP contribution in [-0.4, -0.2) is 39.6 Å². The maximum atomic E-state index is 13.0. The fourth-order valence-corrected chi connectivity index (χ4v) is 2.73. The summed E-state index contributed by atoms with van der Waals surface area (Å²) in [5.41, 5.74) is -3.60. The topological polar surface area (TPSA) is 85.9 Å². The number of amides is 1. The van der Waals surface area contributed by atoms with E-state index >= 15 is 0 Å². The predicted molar refractivity (Wildman–Crippen MR) is 92.6 cm³/mol. The van der Waals surface area contributed by atoms with Gasteiger partial charge >= 0.3 is 11.9 Å². The molecule has 0 N–H and O–H groups in total. The van der Waals surface area contributed by atoms with Crippen molar-refractivity contribution in [2.24, 2.45) is 12.1 Å². The zero-order chi connectivity index (χ0) is 20.8. The molecule has 1 aromatic heterocycles. The molecule has 1 aliphatic rings. The van der Waals surface area contributed by atoms with Gasteiger partial charge in [0, 0.05) is 20.2 Å². The lowest BCUT2D eigenvalue weighted by Gasteiger charge is -2.21. The molecule has 0 unspecified atom stereocenters. The highest BCUT2D eigenvalue weighted by atomic mass is 35.5. The van der Waals surface area contributed by atoms with Crippen molar-refractivity contribution < 1.29 is 22.7 Å². The molecule has 0 aliphatic carbocycles. The van der Waals surface area contributed by atoms with E-state index in [1.54, 1.807) is 0 Å². The maximum absolute atomic E-state index is 13.0. The van der Waals surface area contributed by atoms with Crippen molar-refractivity contribution in [2.75, 3.05) is 13.7 Å². The number of halogens is 4. The molecular formula is C16H12ClF3N4O4. The van der Waals surface area contributed by atoms with E-state index in [4.69, 9.17) is 16.3 Å². The number of carbonyl (C=O) groups is 1. The van der Waals surface area contributed by atoms with Gasteiger partial charge in [-0.25, -0.2) is 14.4 Å². The zero-order valence-corrected chi connectivity index (χ0v) is 15.2. The van der Waals surface area contributed by atoms with Gasteiger partial charge in [-0.1, -0.05) is 11.6 Å². The molecule has 1 amide bonds. The predicted octanol–water partition coefficient (Wildman–Crippen LogP) is 1.36. The number of nitrogens with zero attached hydrogens (tertiary/aromatic N) is 4. The summed E-state index contributed by atoms with van der Waals surface area (Å²) in [5, 5.41) is 5.09. The van der Waals surface area contributed by atoms with Crippen LogP contribution >= 0.6 is 11.6 Å². The summed E-state index contributed by atoms with van der Waals surface area (Å²) in [6, 6.07) is 4.22. The molecule has 3 rings (SSSR count). The molecule has 0 saturated carbocycles. The number of ether oxygens (including phenoxy) is 1. The van der Waals surface area contributed by atoms with E-state index in [1.165, 1.54) is 25.2 Å². The Kier molecular flexibility index (Phi) is 4.79. The van der Waals surface area contributed by atoms with Crippen molar-refractivity contribution in [2.45, 2.75) is 6.18 Å². The molecule has 2 heterocycles. The number of benzene rings is 1. The largest absolute Gasteiger partial charge is 0.466 e. The number of rotatable bonds is 2. The number of hydrazone groups is 1. The monoisotopic (exact) mass is 416 g/mol. The van der Waals surface area contributed by atoms with Crippen LogP contribution in [0.3, 0.4) is 0 Å². The fourth-order valence-electron chi connectivity index (χ4n) is 2.53. The molecule has 8 nitrogen and oxygen atoms in total. The molecule has 2 aromatic rings. The van der Waals surface area contributed by atoms with E-state index in [9.17, 15) is 27.6 Å². The van der Waals surface area contributed by atoms with Crippen molar-refractivity contribution >= 4 is 23.4 Å². The highest BCUT2D eigenvalue weighted by Gasteiger charge is 2.35. The second-order valence-corrected chi connectivity index (χ2v) is 6.23. The number of carbonyl (C=O) groups excluding carboxylic acids is 1. The van der Waals surface area contributed by atoms with Crippen molar-refractivity contribution in [3.05, 3.63) is 61.4 Å². The Morgan fingerprint density at radius 3 is 2.43 bits per heavy atom. The number of hydrogen-bond acceptors (Lipinski definition) is 5. The highest BCUT2D eigenvalue weighted by Crippen LogP contribution is 2.27. The Balaban J connectivity index is 2.18. The van der Waals surface area contributed by atoms with Gasteiger partial charge in [0.1, 0.15) is 5.69 Å². The lowest BCUT2D eigenvalue weighted by molar-refractivity contribution is -0.144. The lowest BCUT2D eigenvalue weighted by Crippen LogP contribution is -2.40. The molecule has 0 atom stereocenters. The smallest absolute Gasteiger partial charge is 0.431 e. The van der Waals surface area contributed by atoms with Gasteiger partial charge in [-0.3, -0.25) is 14.2 Å². The molecule has 1 aliphatic heterocycles. The lowest BCUT2D eigenvalue weighted by atomic mass is 10.2. The first kappa shape index (κ1) is 19.7. The van der Waals surface area contributed by atoms with Gasteiger partial charge in [0.2, 0.25) is 5.90 Å². The van der Waals surface area contributed by atoms with E-state index < -0.39 is 29.0 Å². The van der Waals surface area contributed by atoms with Crippen LogP contribution in [0.25, 0.3) is 5.69 Å². The van der Waals surface area contributed by atoms with Crippen LogP contribution in [0.2, 0.25) is 5.02 Å². The fraction of sp³-hybridized carbons (Fsp3) is 0.250. The number of likely N-dealkylation sites (N-methyl/N-ethyl adjacent to an activating group) is 1. The summed E-state index contributed by atoms with van der Waals surface area (Å²) in [6.07, 6.45) is -4.86. The summed E-state index contributed by atoms with van der Waals surface area (Å²) in [6.45, 7) is -0.294. The minimum absolute atomic E-state index is 0.0364. The maximum Gasteiger partial charge on any atom is 0.431 e. The van der Waals surface area contributed by atoms with Crippen LogP contribution < -0.4 is 11.2 Å². The summed E-state index contributed by atoms with van der Waals surface area (Å²) in [5.74, 6) is -0.436. The molecule has 0 saturated heterocycles. The van der Waals surface area contributed by atoms with Gasteiger partial charge in [0.25, 0.3) is 11.5 Å². The number of hydrogen-bond donors (Lipinski definition) is 0. The highest BCUT2D eigenvalue weighted by molar-refractivity contribution is 6.34. The Morgan fingerprint density at radius 2 is 1.82 bits per heavy atom. The standard InChI is InChI=1S/C16H12ClF3N4O4/c1-22-11(16(18,19)20)6-12(25)24(15(22)27)8-3-4-10(17)9(5-8)14-21-23(2)13(26)7-28-14/h3-6H,7H2,1-2H3. The molecule has 1 aromatic carbocycles. The minimum Gasteiger partial charge on any atom is -0.466 e. The van der Waals surface area contributed by atoms with Crippen LogP contribution in [-0.2, 0) is 22.8 Å². The van der Waals surface area contributed by atoms with Crippen LogP contribution in [0.1, 0.15) is 11.3 Å². The summed E-state index contributed by atoms with van der Waals surface area (Å²) in [4.78, 5) is 36.1. The summed E-state index contributed by atoms with van der Waals surface area (Å²) < 4.78 is 45.1. The van der Waals surface area contributed by atoms with Crippen LogP contribution in [0.15, 0.2) is 39.0 Å². The van der Waals surface area contributed by atoms with Crippen molar-refractivity contribution in [3.8, 4) is 5.69 Å². The first-order valence-electron chi connectivity index (χ1n) is 7.69. The van der Waals surface area contributed by atoms with Gasteiger partial charge in [-0.15, -0.1) is 5.10 Å². The van der Waals surface area contributed by atoms with Crippen LogP contribution in [0.5, 0.6) is 0 Å². The van der Waals surface area contributed by atoms with Gasteiger partial charge in [0.15, 0.2) is 6.61 Å². The van der Waals surface area contributed by atoms with Crippen molar-refractivity contribution in [3.63, 3.8) is 0 Å². The van der Waals surface area contributed by atoms with Gasteiger partial charge in [-0.05, 0) is 18.2 Å². The minimum atomic E-state index is -4.86. The second kappa shape index (κ2) is 6.82. The average molecular weight is 417 g/mol. The van der Waals surface area contributed by atoms with Crippen LogP contribution in [0, 0.1) is 0 Å². The second-order valence-electron chi connectivity index (χ2n) is 5.82. The Bertz CT molecular complexity index is 1120. The zero-order valence-electron chi connectivity index (χ0n) is 14.5. The third kappa shape index (κ3) is 3.40. The SMILES string of the molecule is CN1N=C(c2cc(-n3c(=O)cc(C(F)(F)F)n(C)c3=O)ccc2Cl)OCC1=O. The first-order chi connectivity index (χ1) is 13.0. The molecule has 12 heteroatoms. The quantitative estimate of drug-likeness (QED) is 0.739. The molecule has 0 fully saturated rings. The third-order valence-corrected chi connectivity index (χ3v) is 4.31. The molecule has 28 heavy (non-hydrogen) atoms. The Morgan fingerprint density at radius 1 is 1.14 bits per heavy atom. The normalized spacial score (nSPS) is 14.7. The summed E-state index contributed by atoms with van der Waals surface area (Å²) in [7, 11) is 2.31. The molecule has 148 valence electrons. The first-order valence-corrected chi connectivity index (χ1v) is 8.07.